The van der Waals surface area contributed by atoms with E-state index in [1.807, 2.05) is 19.0 Å². The molecule has 3 N–H and O–H groups in total. The molecule has 0 aliphatic carbocycles. The first-order valence-electron chi connectivity index (χ1n) is 12.3. The summed E-state index contributed by atoms with van der Waals surface area (Å²) in [5.74, 6) is -0.334. The van der Waals surface area contributed by atoms with Crippen LogP contribution in [-0.2, 0) is 6.54 Å². The number of nitrogen functional groups attached to an aromatic ring is 1. The zero-order valence-corrected chi connectivity index (χ0v) is 22.4. The molecule has 0 saturated heterocycles. The quantitative estimate of drug-likeness (QED) is 0.192. The Morgan fingerprint density at radius 3 is 2.37 bits per heavy atom. The summed E-state index contributed by atoms with van der Waals surface area (Å²) in [5.41, 5.74) is 7.64. The molecule has 0 unspecified atom stereocenters. The van der Waals surface area contributed by atoms with Crippen LogP contribution in [0.3, 0.4) is 0 Å². The zero-order chi connectivity index (χ0) is 29.9. The number of nitrogens with zero attached hydrogens (tertiary/aromatic N) is 6. The van der Waals surface area contributed by atoms with Crippen LogP contribution in [0.25, 0.3) is 22.6 Å². The Morgan fingerprint density at radius 1 is 0.951 bits per heavy atom. The van der Waals surface area contributed by atoms with Gasteiger partial charge in [0.1, 0.15) is 18.0 Å². The summed E-state index contributed by atoms with van der Waals surface area (Å²) in [6, 6.07) is 10.5. The number of hydrogen-bond acceptors (Lipinski definition) is 8. The number of nitrogens with two attached hydrogens (primary N) is 1. The van der Waals surface area contributed by atoms with Gasteiger partial charge in [0.05, 0.1) is 28.1 Å². The lowest BCUT2D eigenvalue weighted by molar-refractivity contribution is -0.153. The van der Waals surface area contributed by atoms with Crippen molar-refractivity contribution in [2.24, 2.45) is 0 Å². The van der Waals surface area contributed by atoms with Crippen molar-refractivity contribution in [2.45, 2.75) is 18.9 Å². The average Bonchev–Trinajstić information content (AvgIpc) is 3.23. The Morgan fingerprint density at radius 2 is 1.68 bits per heavy atom. The van der Waals surface area contributed by atoms with Crippen LogP contribution < -0.4 is 20.7 Å². The fourth-order valence-electron chi connectivity index (χ4n) is 4.04. The largest absolute Gasteiger partial charge is 0.482 e. The standard InChI is InChI=1S/C26H28F6N8O/c1-38(2)10-11-39(3)21-13-22(41-15-26(30,31)32)19(12-16(21)33)37-24-34-9-8-18(36-24)23-35-17-6-4-5-7-20(17)40(23)14-25(27,28)29/h4-9,12-13H,10-11,14-15,33H2,1-3H3,(H,34,36,37). The maximum absolute atomic E-state index is 13.4. The van der Waals surface area contributed by atoms with Crippen molar-refractivity contribution >= 4 is 34.0 Å². The SMILES string of the molecule is CN(C)CCN(C)c1cc(OCC(F)(F)F)c(Nc2nccc(-c3nc4ccccc4n3CC(F)(F)F)n2)cc1N. The second kappa shape index (κ2) is 11.7. The summed E-state index contributed by atoms with van der Waals surface area (Å²) in [6.07, 6.45) is -7.84. The lowest BCUT2D eigenvalue weighted by Gasteiger charge is -2.25. The minimum Gasteiger partial charge on any atom is -0.482 e. The molecule has 0 amide bonds. The molecule has 0 bridgehead atoms. The minimum atomic E-state index is -4.61. The number of likely N-dealkylation sites (N-methyl/N-ethyl adjacent to an activating group) is 2. The molecule has 2 heterocycles. The number of fused-ring (bicyclic) bond motifs is 1. The molecule has 0 spiro atoms. The molecule has 0 atom stereocenters. The minimum absolute atomic E-state index is 0.0393. The fraction of sp³-hybridized carbons (Fsp3) is 0.346. The van der Waals surface area contributed by atoms with Gasteiger partial charge in [0.15, 0.2) is 12.4 Å². The van der Waals surface area contributed by atoms with Gasteiger partial charge in [-0.15, -0.1) is 0 Å². The molecule has 220 valence electrons. The molecule has 4 aromatic rings. The van der Waals surface area contributed by atoms with Gasteiger partial charge in [-0.3, -0.25) is 0 Å². The van der Waals surface area contributed by atoms with Gasteiger partial charge in [-0.1, -0.05) is 12.1 Å². The molecule has 9 nitrogen and oxygen atoms in total. The number of para-hydroxylation sites is 2. The summed E-state index contributed by atoms with van der Waals surface area (Å²) < 4.78 is 85.4. The second-order valence-electron chi connectivity index (χ2n) is 9.55. The third-order valence-corrected chi connectivity index (χ3v) is 5.94. The summed E-state index contributed by atoms with van der Waals surface area (Å²) in [6.45, 7) is -1.67. The summed E-state index contributed by atoms with van der Waals surface area (Å²) >= 11 is 0. The predicted octanol–water partition coefficient (Wildman–Crippen LogP) is 5.32. The molecular weight excluding hydrogens is 554 g/mol. The third-order valence-electron chi connectivity index (χ3n) is 5.94. The van der Waals surface area contributed by atoms with Crippen molar-refractivity contribution in [1.29, 1.82) is 0 Å². The molecule has 4 rings (SSSR count). The number of alkyl halides is 6. The lowest BCUT2D eigenvalue weighted by Crippen LogP contribution is -2.29. The van der Waals surface area contributed by atoms with Crippen molar-refractivity contribution in [1.82, 2.24) is 24.4 Å². The Balaban J connectivity index is 1.71. The molecule has 0 aliphatic heterocycles. The van der Waals surface area contributed by atoms with Crippen molar-refractivity contribution in [3.8, 4) is 17.3 Å². The number of ether oxygens (including phenoxy) is 1. The molecule has 41 heavy (non-hydrogen) atoms. The lowest BCUT2D eigenvalue weighted by atomic mass is 10.2. The molecule has 0 radical (unpaired) electrons. The van der Waals surface area contributed by atoms with Crippen molar-refractivity contribution in [2.75, 3.05) is 56.8 Å². The highest BCUT2D eigenvalue weighted by Gasteiger charge is 2.31. The van der Waals surface area contributed by atoms with Crippen LogP contribution >= 0.6 is 0 Å². The van der Waals surface area contributed by atoms with Crippen molar-refractivity contribution in [3.63, 3.8) is 0 Å². The maximum atomic E-state index is 13.4. The number of hydrogen-bond donors (Lipinski definition) is 2. The highest BCUT2D eigenvalue weighted by Crippen LogP contribution is 2.37. The van der Waals surface area contributed by atoms with Crippen LogP contribution in [0.4, 0.5) is 49.4 Å². The number of rotatable bonds is 10. The zero-order valence-electron chi connectivity index (χ0n) is 22.4. The Bertz CT molecular complexity index is 1500. The van der Waals surface area contributed by atoms with Crippen molar-refractivity contribution < 1.29 is 31.1 Å². The first-order chi connectivity index (χ1) is 19.2. The van der Waals surface area contributed by atoms with E-state index in [9.17, 15) is 26.3 Å². The summed E-state index contributed by atoms with van der Waals surface area (Å²) in [5, 5.41) is 2.80. The van der Waals surface area contributed by atoms with Gasteiger partial charge in [0.2, 0.25) is 5.95 Å². The molecule has 0 saturated carbocycles. The van der Waals surface area contributed by atoms with E-state index in [1.54, 1.807) is 30.1 Å². The van der Waals surface area contributed by atoms with Gasteiger partial charge in [0, 0.05) is 32.4 Å². The fourth-order valence-corrected chi connectivity index (χ4v) is 4.04. The normalized spacial score (nSPS) is 12.2. The number of imidazole rings is 1. The number of benzene rings is 2. The van der Waals surface area contributed by atoms with Crippen LogP contribution in [0.5, 0.6) is 5.75 Å². The van der Waals surface area contributed by atoms with Gasteiger partial charge >= 0.3 is 12.4 Å². The maximum Gasteiger partial charge on any atom is 0.422 e. The van der Waals surface area contributed by atoms with Gasteiger partial charge in [-0.05, 0) is 38.4 Å². The Labute approximate surface area is 231 Å². The Hall–Kier alpha value is -4.27. The molecule has 2 aromatic heterocycles. The van der Waals surface area contributed by atoms with E-state index < -0.39 is 25.5 Å². The van der Waals surface area contributed by atoms with Gasteiger partial charge in [-0.25, -0.2) is 15.0 Å². The summed E-state index contributed by atoms with van der Waals surface area (Å²) in [7, 11) is 5.51. The van der Waals surface area contributed by atoms with E-state index in [0.717, 1.165) is 4.57 Å². The number of nitrogens with one attached hydrogen (secondary N) is 1. The summed E-state index contributed by atoms with van der Waals surface area (Å²) in [4.78, 5) is 16.4. The van der Waals surface area contributed by atoms with Gasteiger partial charge in [0.25, 0.3) is 0 Å². The number of halogens is 6. The first kappa shape index (κ1) is 29.7. The Kier molecular flexibility index (Phi) is 8.47. The first-order valence-corrected chi connectivity index (χ1v) is 12.3. The molecule has 2 aromatic carbocycles. The highest BCUT2D eigenvalue weighted by molar-refractivity contribution is 5.81. The second-order valence-corrected chi connectivity index (χ2v) is 9.55. The molecule has 15 heteroatoms. The van der Waals surface area contributed by atoms with Gasteiger partial charge in [-0.2, -0.15) is 26.3 Å². The predicted molar refractivity (Wildman–Crippen MR) is 144 cm³/mol. The van der Waals surface area contributed by atoms with E-state index in [1.165, 1.54) is 30.5 Å². The van der Waals surface area contributed by atoms with E-state index in [-0.39, 0.29) is 40.1 Å². The third kappa shape index (κ3) is 7.68. The van der Waals surface area contributed by atoms with Crippen molar-refractivity contribution in [3.05, 3.63) is 48.7 Å². The number of anilines is 4. The average molecular weight is 583 g/mol. The smallest absolute Gasteiger partial charge is 0.422 e. The van der Waals surface area contributed by atoms with Crippen LogP contribution in [-0.4, -0.2) is 77.6 Å². The van der Waals surface area contributed by atoms with Crippen LogP contribution in [0.2, 0.25) is 0 Å². The van der Waals surface area contributed by atoms with E-state index in [2.05, 4.69) is 20.3 Å². The van der Waals surface area contributed by atoms with E-state index >= 15 is 0 Å². The molecule has 0 aliphatic rings. The van der Waals surface area contributed by atoms with E-state index in [4.69, 9.17) is 10.5 Å². The van der Waals surface area contributed by atoms with Crippen LogP contribution in [0.15, 0.2) is 48.7 Å². The molecule has 0 fully saturated rings. The molecular formula is C26H28F6N8O. The van der Waals surface area contributed by atoms with E-state index in [0.29, 0.717) is 24.3 Å². The topological polar surface area (TPSA) is 97.4 Å². The highest BCUT2D eigenvalue weighted by atomic mass is 19.4. The van der Waals surface area contributed by atoms with Crippen LogP contribution in [0.1, 0.15) is 0 Å². The number of aromatic nitrogens is 4. The van der Waals surface area contributed by atoms with Gasteiger partial charge < -0.3 is 30.2 Å². The monoisotopic (exact) mass is 582 g/mol. The van der Waals surface area contributed by atoms with Crippen LogP contribution in [0, 0.1) is 0 Å².